The number of ether oxygens (including phenoxy) is 2. The SMILES string of the molecule is COc1cc(NC(=O)Cc2cccc(F)c2)c(OC)cc1C. The molecule has 0 atom stereocenters. The standard InChI is InChI=1S/C17H18FNO3/c1-11-7-16(22-3)14(10-15(11)21-2)19-17(20)9-12-5-4-6-13(18)8-12/h4-8,10H,9H2,1-3H3,(H,19,20). The van der Waals surface area contributed by atoms with Crippen molar-refractivity contribution in [3.05, 3.63) is 53.3 Å². The number of anilines is 1. The lowest BCUT2D eigenvalue weighted by Crippen LogP contribution is -2.15. The zero-order valence-electron chi connectivity index (χ0n) is 12.8. The molecule has 5 heteroatoms. The van der Waals surface area contributed by atoms with E-state index in [0.29, 0.717) is 22.7 Å². The Morgan fingerprint density at radius 3 is 2.50 bits per heavy atom. The highest BCUT2D eigenvalue weighted by molar-refractivity contribution is 5.94. The zero-order valence-corrected chi connectivity index (χ0v) is 12.8. The van der Waals surface area contributed by atoms with E-state index in [-0.39, 0.29) is 18.1 Å². The molecule has 4 nitrogen and oxygen atoms in total. The van der Waals surface area contributed by atoms with Crippen molar-refractivity contribution in [3.63, 3.8) is 0 Å². The summed E-state index contributed by atoms with van der Waals surface area (Å²) in [5.41, 5.74) is 2.03. The first kappa shape index (κ1) is 15.8. The predicted molar refractivity (Wildman–Crippen MR) is 83.0 cm³/mol. The average molecular weight is 303 g/mol. The van der Waals surface area contributed by atoms with Crippen molar-refractivity contribution in [2.24, 2.45) is 0 Å². The largest absolute Gasteiger partial charge is 0.496 e. The number of hydrogen-bond acceptors (Lipinski definition) is 3. The van der Waals surface area contributed by atoms with Gasteiger partial charge in [-0.05, 0) is 36.2 Å². The van der Waals surface area contributed by atoms with Crippen LogP contribution >= 0.6 is 0 Å². The van der Waals surface area contributed by atoms with Crippen LogP contribution in [0.25, 0.3) is 0 Å². The number of methoxy groups -OCH3 is 2. The highest BCUT2D eigenvalue weighted by Gasteiger charge is 2.12. The topological polar surface area (TPSA) is 47.6 Å². The van der Waals surface area contributed by atoms with Crippen molar-refractivity contribution in [1.82, 2.24) is 0 Å². The van der Waals surface area contributed by atoms with Gasteiger partial charge in [-0.3, -0.25) is 4.79 Å². The fourth-order valence-corrected chi connectivity index (χ4v) is 2.17. The molecule has 1 N–H and O–H groups in total. The van der Waals surface area contributed by atoms with Crippen LogP contribution in [0.2, 0.25) is 0 Å². The quantitative estimate of drug-likeness (QED) is 0.921. The minimum absolute atomic E-state index is 0.0805. The van der Waals surface area contributed by atoms with Gasteiger partial charge < -0.3 is 14.8 Å². The van der Waals surface area contributed by atoms with Crippen LogP contribution in [0.4, 0.5) is 10.1 Å². The Morgan fingerprint density at radius 1 is 1.14 bits per heavy atom. The minimum atomic E-state index is -0.361. The molecule has 0 saturated carbocycles. The fraction of sp³-hybridized carbons (Fsp3) is 0.235. The molecule has 0 radical (unpaired) electrons. The van der Waals surface area contributed by atoms with E-state index < -0.39 is 0 Å². The first-order valence-corrected chi connectivity index (χ1v) is 6.80. The maximum absolute atomic E-state index is 13.1. The molecule has 0 aliphatic rings. The molecule has 0 spiro atoms. The summed E-state index contributed by atoms with van der Waals surface area (Å²) in [5.74, 6) is 0.586. The first-order chi connectivity index (χ1) is 10.5. The second-order valence-corrected chi connectivity index (χ2v) is 4.88. The van der Waals surface area contributed by atoms with Gasteiger partial charge >= 0.3 is 0 Å². The smallest absolute Gasteiger partial charge is 0.228 e. The maximum atomic E-state index is 13.1. The number of hydrogen-bond donors (Lipinski definition) is 1. The van der Waals surface area contributed by atoms with Crippen LogP contribution < -0.4 is 14.8 Å². The third kappa shape index (κ3) is 3.75. The molecule has 0 aliphatic heterocycles. The summed E-state index contributed by atoms with van der Waals surface area (Å²) >= 11 is 0. The van der Waals surface area contributed by atoms with Crippen LogP contribution in [0, 0.1) is 12.7 Å². The van der Waals surface area contributed by atoms with Gasteiger partial charge in [0.2, 0.25) is 5.91 Å². The Hall–Kier alpha value is -2.56. The Labute approximate surface area is 128 Å². The highest BCUT2D eigenvalue weighted by atomic mass is 19.1. The molecule has 116 valence electrons. The van der Waals surface area contributed by atoms with Crippen LogP contribution in [0.1, 0.15) is 11.1 Å². The predicted octanol–water partition coefficient (Wildman–Crippen LogP) is 3.33. The van der Waals surface area contributed by atoms with Crippen molar-refractivity contribution >= 4 is 11.6 Å². The van der Waals surface area contributed by atoms with Crippen LogP contribution in [-0.4, -0.2) is 20.1 Å². The van der Waals surface area contributed by atoms with Gasteiger partial charge in [0, 0.05) is 6.07 Å². The first-order valence-electron chi connectivity index (χ1n) is 6.80. The molecule has 2 aromatic rings. The van der Waals surface area contributed by atoms with Gasteiger partial charge in [0.25, 0.3) is 0 Å². The number of amides is 1. The highest BCUT2D eigenvalue weighted by Crippen LogP contribution is 2.32. The lowest BCUT2D eigenvalue weighted by atomic mass is 10.1. The Balaban J connectivity index is 2.17. The number of aryl methyl sites for hydroxylation is 1. The molecular weight excluding hydrogens is 285 g/mol. The summed E-state index contributed by atoms with van der Waals surface area (Å²) in [5, 5.41) is 2.76. The molecule has 0 heterocycles. The summed E-state index contributed by atoms with van der Waals surface area (Å²) in [6, 6.07) is 9.46. The summed E-state index contributed by atoms with van der Waals surface area (Å²) in [7, 11) is 3.09. The van der Waals surface area contributed by atoms with Gasteiger partial charge in [-0.2, -0.15) is 0 Å². The molecule has 1 amide bonds. The zero-order chi connectivity index (χ0) is 16.1. The van der Waals surface area contributed by atoms with Crippen LogP contribution in [-0.2, 0) is 11.2 Å². The fourth-order valence-electron chi connectivity index (χ4n) is 2.17. The Morgan fingerprint density at radius 2 is 1.86 bits per heavy atom. The number of nitrogens with one attached hydrogen (secondary N) is 1. The maximum Gasteiger partial charge on any atom is 0.228 e. The van der Waals surface area contributed by atoms with Gasteiger partial charge in [0.15, 0.2) is 0 Å². The van der Waals surface area contributed by atoms with E-state index in [2.05, 4.69) is 5.32 Å². The molecule has 0 bridgehead atoms. The van der Waals surface area contributed by atoms with Gasteiger partial charge in [-0.25, -0.2) is 4.39 Å². The monoisotopic (exact) mass is 303 g/mol. The number of halogens is 1. The van der Waals surface area contributed by atoms with Crippen molar-refractivity contribution in [2.75, 3.05) is 19.5 Å². The van der Waals surface area contributed by atoms with Gasteiger partial charge in [-0.1, -0.05) is 12.1 Å². The molecule has 0 unspecified atom stereocenters. The molecule has 0 saturated heterocycles. The lowest BCUT2D eigenvalue weighted by Gasteiger charge is -2.14. The summed E-state index contributed by atoms with van der Waals surface area (Å²) in [4.78, 5) is 12.1. The van der Waals surface area contributed by atoms with Crippen molar-refractivity contribution in [1.29, 1.82) is 0 Å². The lowest BCUT2D eigenvalue weighted by molar-refractivity contribution is -0.115. The molecular formula is C17H18FNO3. The summed E-state index contributed by atoms with van der Waals surface area (Å²) in [6.07, 6.45) is 0.0805. The van der Waals surface area contributed by atoms with E-state index in [4.69, 9.17) is 9.47 Å². The molecule has 0 aromatic heterocycles. The second-order valence-electron chi connectivity index (χ2n) is 4.88. The molecule has 0 fully saturated rings. The van der Waals surface area contributed by atoms with Gasteiger partial charge in [0.1, 0.15) is 17.3 Å². The summed E-state index contributed by atoms with van der Waals surface area (Å²) in [6.45, 7) is 1.89. The number of rotatable bonds is 5. The van der Waals surface area contributed by atoms with Crippen LogP contribution in [0.3, 0.4) is 0 Å². The van der Waals surface area contributed by atoms with Gasteiger partial charge in [-0.15, -0.1) is 0 Å². The van der Waals surface area contributed by atoms with Crippen LogP contribution in [0.15, 0.2) is 36.4 Å². The molecule has 2 aromatic carbocycles. The van der Waals surface area contributed by atoms with Gasteiger partial charge in [0.05, 0.1) is 26.3 Å². The van der Waals surface area contributed by atoms with E-state index in [1.54, 1.807) is 31.4 Å². The Bertz CT molecular complexity index is 686. The second kappa shape index (κ2) is 6.93. The van der Waals surface area contributed by atoms with Crippen molar-refractivity contribution in [2.45, 2.75) is 13.3 Å². The molecule has 0 aliphatic carbocycles. The normalized spacial score (nSPS) is 10.2. The van der Waals surface area contributed by atoms with E-state index in [9.17, 15) is 9.18 Å². The molecule has 2 rings (SSSR count). The third-order valence-corrected chi connectivity index (χ3v) is 3.24. The number of benzene rings is 2. The minimum Gasteiger partial charge on any atom is -0.496 e. The van der Waals surface area contributed by atoms with E-state index >= 15 is 0 Å². The van der Waals surface area contributed by atoms with E-state index in [0.717, 1.165) is 5.56 Å². The molecule has 22 heavy (non-hydrogen) atoms. The third-order valence-electron chi connectivity index (χ3n) is 3.24. The Kier molecular flexibility index (Phi) is 4.99. The van der Waals surface area contributed by atoms with Crippen LogP contribution in [0.5, 0.6) is 11.5 Å². The van der Waals surface area contributed by atoms with E-state index in [1.807, 2.05) is 6.92 Å². The average Bonchev–Trinajstić information content (AvgIpc) is 2.48. The van der Waals surface area contributed by atoms with E-state index in [1.165, 1.54) is 19.2 Å². The van der Waals surface area contributed by atoms with Crippen molar-refractivity contribution < 1.29 is 18.7 Å². The van der Waals surface area contributed by atoms with Crippen molar-refractivity contribution in [3.8, 4) is 11.5 Å². The number of carbonyl (C=O) groups is 1. The summed E-state index contributed by atoms with van der Waals surface area (Å²) < 4.78 is 23.6. The number of carbonyl (C=O) groups excluding carboxylic acids is 1.